The highest BCUT2D eigenvalue weighted by molar-refractivity contribution is 5.74. The van der Waals surface area contributed by atoms with Crippen molar-refractivity contribution in [2.45, 2.75) is 98.7 Å². The molecule has 50 heavy (non-hydrogen) atoms. The van der Waals surface area contributed by atoms with Crippen molar-refractivity contribution in [1.29, 1.82) is 0 Å². The number of pyridine rings is 1. The van der Waals surface area contributed by atoms with E-state index in [1.54, 1.807) is 12.0 Å². The van der Waals surface area contributed by atoms with Crippen LogP contribution < -0.4 is 14.4 Å². The average molecular weight is 688 g/mol. The molecule has 1 fully saturated rings. The molecule has 1 amide bonds. The molecular formula is C40H53N3O7. The third-order valence-electron chi connectivity index (χ3n) is 8.75. The van der Waals surface area contributed by atoms with Gasteiger partial charge < -0.3 is 33.5 Å². The van der Waals surface area contributed by atoms with Crippen LogP contribution in [0, 0.1) is 12.8 Å². The van der Waals surface area contributed by atoms with Gasteiger partial charge in [0.05, 0.1) is 31.4 Å². The van der Waals surface area contributed by atoms with Crippen LogP contribution in [-0.2, 0) is 38.6 Å². The van der Waals surface area contributed by atoms with Crippen LogP contribution in [0.3, 0.4) is 0 Å². The highest BCUT2D eigenvalue weighted by atomic mass is 16.6. The molecule has 5 rings (SSSR count). The standard InChI is InChI=1S/C40H53N3O7/c1-10-47-35-24-42(19-17-29(35)37(44)49-39(3,4)5)36-13-11-12-32(41-36)30-20-26(2)14-15-33(30)48-25-27-21-28-16-18-43(38(45)50-40(6,7)8)23-31(28)34(22-27)46-9/h11-15,20-22,29,35H,10,16-19,23-25H2,1-9H3/t29-,35+/m0/s1. The highest BCUT2D eigenvalue weighted by Crippen LogP contribution is 2.35. The summed E-state index contributed by atoms with van der Waals surface area (Å²) in [7, 11) is 1.65. The Morgan fingerprint density at radius 3 is 2.40 bits per heavy atom. The Balaban J connectivity index is 1.32. The van der Waals surface area contributed by atoms with Crippen molar-refractivity contribution in [2.75, 3.05) is 38.3 Å². The summed E-state index contributed by atoms with van der Waals surface area (Å²) in [6.45, 7) is 18.4. The van der Waals surface area contributed by atoms with Crippen LogP contribution in [0.4, 0.5) is 10.6 Å². The third kappa shape index (κ3) is 9.27. The Hall–Kier alpha value is -4.31. The molecule has 0 N–H and O–H groups in total. The second kappa shape index (κ2) is 15.3. The number of piperidine rings is 1. The van der Waals surface area contributed by atoms with Gasteiger partial charge in [-0.15, -0.1) is 0 Å². The molecule has 3 aromatic rings. The monoisotopic (exact) mass is 687 g/mol. The number of aromatic nitrogens is 1. The largest absolute Gasteiger partial charge is 0.496 e. The van der Waals surface area contributed by atoms with Crippen molar-refractivity contribution >= 4 is 17.9 Å². The van der Waals surface area contributed by atoms with E-state index in [1.807, 2.05) is 84.9 Å². The number of carbonyl (C=O) groups is 2. The van der Waals surface area contributed by atoms with Gasteiger partial charge in [-0.2, -0.15) is 0 Å². The van der Waals surface area contributed by atoms with E-state index in [-0.39, 0.29) is 24.1 Å². The van der Waals surface area contributed by atoms with Crippen LogP contribution in [0.1, 0.15) is 77.1 Å². The second-order valence-corrected chi connectivity index (χ2v) is 15.1. The first kappa shape index (κ1) is 37.0. The second-order valence-electron chi connectivity index (χ2n) is 15.1. The summed E-state index contributed by atoms with van der Waals surface area (Å²) >= 11 is 0. The molecule has 0 saturated carbocycles. The quantitative estimate of drug-likeness (QED) is 0.212. The number of nitrogens with zero attached hydrogens (tertiary/aromatic N) is 3. The smallest absolute Gasteiger partial charge is 0.410 e. The van der Waals surface area contributed by atoms with Gasteiger partial charge in [-0.05, 0) is 110 Å². The number of fused-ring (bicyclic) bond motifs is 1. The first-order valence-corrected chi connectivity index (χ1v) is 17.6. The number of hydrogen-bond donors (Lipinski definition) is 0. The topological polar surface area (TPSA) is 99.7 Å². The Bertz CT molecular complexity index is 1660. The number of rotatable bonds is 9. The molecule has 1 aromatic heterocycles. The van der Waals surface area contributed by atoms with E-state index >= 15 is 0 Å². The van der Waals surface area contributed by atoms with Gasteiger partial charge >= 0.3 is 12.1 Å². The first-order chi connectivity index (χ1) is 23.6. The van der Waals surface area contributed by atoms with Gasteiger partial charge in [-0.25, -0.2) is 9.78 Å². The zero-order valence-electron chi connectivity index (χ0n) is 31.1. The lowest BCUT2D eigenvalue weighted by Gasteiger charge is -2.38. The summed E-state index contributed by atoms with van der Waals surface area (Å²) < 4.78 is 29.7. The SMILES string of the molecule is CCO[C@@H]1CN(c2cccc(-c3cc(C)ccc3OCc3cc4c(c(OC)c3)CN(C(=O)OC(C)(C)C)CC4)n2)CC[C@@H]1C(=O)OC(C)(C)C. The summed E-state index contributed by atoms with van der Waals surface area (Å²) in [4.78, 5) is 34.8. The summed E-state index contributed by atoms with van der Waals surface area (Å²) in [5.41, 5.74) is 4.80. The lowest BCUT2D eigenvalue weighted by molar-refractivity contribution is -0.166. The van der Waals surface area contributed by atoms with Crippen molar-refractivity contribution < 1.29 is 33.3 Å². The minimum atomic E-state index is -0.554. The van der Waals surface area contributed by atoms with E-state index in [4.69, 9.17) is 28.7 Å². The molecule has 1 saturated heterocycles. The van der Waals surface area contributed by atoms with Crippen molar-refractivity contribution in [3.63, 3.8) is 0 Å². The zero-order valence-corrected chi connectivity index (χ0v) is 31.1. The number of esters is 1. The van der Waals surface area contributed by atoms with Crippen LogP contribution in [0.25, 0.3) is 11.3 Å². The molecule has 2 atom stereocenters. The zero-order chi connectivity index (χ0) is 36.2. The summed E-state index contributed by atoms with van der Waals surface area (Å²) in [6, 6.07) is 16.3. The Kier molecular flexibility index (Phi) is 11.3. The van der Waals surface area contributed by atoms with Gasteiger partial charge in [0, 0.05) is 37.4 Å². The molecule has 270 valence electrons. The molecule has 10 nitrogen and oxygen atoms in total. The molecule has 0 spiro atoms. The maximum absolute atomic E-state index is 13.0. The van der Waals surface area contributed by atoms with Crippen molar-refractivity contribution in [3.05, 3.63) is 70.8 Å². The van der Waals surface area contributed by atoms with Crippen molar-refractivity contribution in [3.8, 4) is 22.8 Å². The van der Waals surface area contributed by atoms with Gasteiger partial charge in [-0.1, -0.05) is 23.8 Å². The Labute approximate surface area is 297 Å². The Morgan fingerprint density at radius 2 is 1.70 bits per heavy atom. The molecule has 0 bridgehead atoms. The fourth-order valence-corrected chi connectivity index (χ4v) is 6.48. The van der Waals surface area contributed by atoms with Gasteiger partial charge in [0.15, 0.2) is 0 Å². The molecule has 0 unspecified atom stereocenters. The van der Waals surface area contributed by atoms with E-state index in [9.17, 15) is 9.59 Å². The average Bonchev–Trinajstić information content (AvgIpc) is 3.05. The molecule has 2 aromatic carbocycles. The number of anilines is 1. The van der Waals surface area contributed by atoms with Crippen molar-refractivity contribution in [1.82, 2.24) is 9.88 Å². The van der Waals surface area contributed by atoms with Gasteiger partial charge in [-0.3, -0.25) is 4.79 Å². The minimum Gasteiger partial charge on any atom is -0.496 e. The molecule has 3 heterocycles. The van der Waals surface area contributed by atoms with E-state index in [2.05, 4.69) is 24.0 Å². The fourth-order valence-electron chi connectivity index (χ4n) is 6.48. The minimum absolute atomic E-state index is 0.210. The van der Waals surface area contributed by atoms with Gasteiger partial charge in [0.2, 0.25) is 0 Å². The molecule has 2 aliphatic rings. The number of aryl methyl sites for hydroxylation is 1. The van der Waals surface area contributed by atoms with Crippen LogP contribution in [0.2, 0.25) is 0 Å². The number of benzene rings is 2. The lowest BCUT2D eigenvalue weighted by Crippen LogP contribution is -2.49. The van der Waals surface area contributed by atoms with E-state index in [0.29, 0.717) is 52.2 Å². The predicted molar refractivity (Wildman–Crippen MR) is 194 cm³/mol. The number of carbonyl (C=O) groups excluding carboxylic acids is 2. The predicted octanol–water partition coefficient (Wildman–Crippen LogP) is 7.51. The first-order valence-electron chi connectivity index (χ1n) is 17.6. The third-order valence-corrected chi connectivity index (χ3v) is 8.75. The molecule has 0 aliphatic carbocycles. The molecular weight excluding hydrogens is 634 g/mol. The lowest BCUT2D eigenvalue weighted by atomic mass is 9.93. The number of ether oxygens (including phenoxy) is 5. The molecule has 10 heteroatoms. The van der Waals surface area contributed by atoms with E-state index in [1.165, 1.54) is 0 Å². The summed E-state index contributed by atoms with van der Waals surface area (Å²) in [6.07, 6.45) is 0.709. The summed E-state index contributed by atoms with van der Waals surface area (Å²) in [5, 5.41) is 0. The molecule has 2 aliphatic heterocycles. The Morgan fingerprint density at radius 1 is 0.940 bits per heavy atom. The number of amides is 1. The highest BCUT2D eigenvalue weighted by Gasteiger charge is 2.38. The van der Waals surface area contributed by atoms with E-state index < -0.39 is 11.2 Å². The fraction of sp³-hybridized carbons (Fsp3) is 0.525. The van der Waals surface area contributed by atoms with Crippen LogP contribution in [-0.4, -0.2) is 72.6 Å². The number of hydrogen-bond acceptors (Lipinski definition) is 9. The van der Waals surface area contributed by atoms with Crippen molar-refractivity contribution in [2.24, 2.45) is 5.92 Å². The summed E-state index contributed by atoms with van der Waals surface area (Å²) in [5.74, 6) is 1.74. The van der Waals surface area contributed by atoms with Gasteiger partial charge in [0.25, 0.3) is 0 Å². The van der Waals surface area contributed by atoms with Crippen LogP contribution in [0.5, 0.6) is 11.5 Å². The van der Waals surface area contributed by atoms with Crippen LogP contribution >= 0.6 is 0 Å². The molecule has 0 radical (unpaired) electrons. The normalized spacial score (nSPS) is 17.9. The maximum Gasteiger partial charge on any atom is 0.410 e. The van der Waals surface area contributed by atoms with Crippen LogP contribution in [0.15, 0.2) is 48.5 Å². The van der Waals surface area contributed by atoms with Gasteiger partial charge in [0.1, 0.15) is 35.1 Å². The number of methoxy groups -OCH3 is 1. The maximum atomic E-state index is 13.0. The van der Waals surface area contributed by atoms with E-state index in [0.717, 1.165) is 50.8 Å².